The van der Waals surface area contributed by atoms with Crippen molar-refractivity contribution >= 4 is 17.7 Å². The molecule has 0 bridgehead atoms. The Kier molecular flexibility index (Phi) is 6.07. The predicted octanol–water partition coefficient (Wildman–Crippen LogP) is 3.17. The standard InChI is InChI=1S/C23H27N3O4/c27-22(18-7-2-1-3-8-18)26-12-6-9-19(17-26)30-21-11-5-4-10-20(21)24-13-15-25(16-14-24)23(28)29/h1-5,7-8,10-11,19H,6,9,12-17H2,(H,28,29). The molecule has 158 valence electrons. The maximum atomic E-state index is 12.8. The third-order valence-corrected chi connectivity index (χ3v) is 5.74. The lowest BCUT2D eigenvalue weighted by Gasteiger charge is -2.37. The molecule has 0 radical (unpaired) electrons. The number of ether oxygens (including phenoxy) is 1. The first kappa shape index (κ1) is 20.1. The monoisotopic (exact) mass is 409 g/mol. The lowest BCUT2D eigenvalue weighted by molar-refractivity contribution is 0.0538. The molecule has 30 heavy (non-hydrogen) atoms. The fourth-order valence-corrected chi connectivity index (χ4v) is 4.12. The van der Waals surface area contributed by atoms with E-state index in [1.807, 2.05) is 59.5 Å². The SMILES string of the molecule is O=C(O)N1CCN(c2ccccc2OC2CCCN(C(=O)c3ccccc3)C2)CC1. The molecule has 2 aliphatic rings. The first-order chi connectivity index (χ1) is 14.6. The van der Waals surface area contributed by atoms with Crippen LogP contribution in [0.15, 0.2) is 54.6 Å². The summed E-state index contributed by atoms with van der Waals surface area (Å²) in [5.74, 6) is 0.835. The van der Waals surface area contributed by atoms with Crippen LogP contribution in [-0.4, -0.2) is 72.3 Å². The molecule has 1 atom stereocenters. The Morgan fingerprint density at radius 2 is 1.57 bits per heavy atom. The van der Waals surface area contributed by atoms with Gasteiger partial charge in [-0.15, -0.1) is 0 Å². The molecule has 2 saturated heterocycles. The number of anilines is 1. The Morgan fingerprint density at radius 1 is 0.867 bits per heavy atom. The average Bonchev–Trinajstić information content (AvgIpc) is 2.80. The van der Waals surface area contributed by atoms with E-state index in [0.717, 1.165) is 30.8 Å². The molecule has 2 aromatic carbocycles. The summed E-state index contributed by atoms with van der Waals surface area (Å²) in [4.78, 5) is 29.5. The topological polar surface area (TPSA) is 73.3 Å². The van der Waals surface area contributed by atoms with Gasteiger partial charge in [0.1, 0.15) is 11.9 Å². The number of hydrogen-bond donors (Lipinski definition) is 1. The normalized spacial score (nSPS) is 19.5. The second-order valence-corrected chi connectivity index (χ2v) is 7.72. The molecule has 0 aliphatic carbocycles. The van der Waals surface area contributed by atoms with E-state index in [0.29, 0.717) is 38.3 Å². The molecule has 2 amide bonds. The molecule has 1 N–H and O–H groups in total. The maximum Gasteiger partial charge on any atom is 0.407 e. The van der Waals surface area contributed by atoms with Crippen LogP contribution in [0.25, 0.3) is 0 Å². The number of benzene rings is 2. The molecule has 7 nitrogen and oxygen atoms in total. The predicted molar refractivity (Wildman–Crippen MR) is 114 cm³/mol. The largest absolute Gasteiger partial charge is 0.486 e. The molecule has 0 saturated carbocycles. The maximum absolute atomic E-state index is 12.8. The lowest BCUT2D eigenvalue weighted by Crippen LogP contribution is -2.48. The molecule has 2 fully saturated rings. The summed E-state index contributed by atoms with van der Waals surface area (Å²) >= 11 is 0. The van der Waals surface area contributed by atoms with Crippen molar-refractivity contribution in [3.63, 3.8) is 0 Å². The van der Waals surface area contributed by atoms with Crippen LogP contribution in [0.5, 0.6) is 5.75 Å². The van der Waals surface area contributed by atoms with Crippen molar-refractivity contribution < 1.29 is 19.4 Å². The van der Waals surface area contributed by atoms with Gasteiger partial charge in [-0.05, 0) is 37.1 Å². The van der Waals surface area contributed by atoms with Crippen LogP contribution in [0.1, 0.15) is 23.2 Å². The van der Waals surface area contributed by atoms with Gasteiger partial charge in [-0.3, -0.25) is 4.79 Å². The summed E-state index contributed by atoms with van der Waals surface area (Å²) in [6.45, 7) is 3.53. The summed E-state index contributed by atoms with van der Waals surface area (Å²) in [7, 11) is 0. The van der Waals surface area contributed by atoms with E-state index in [4.69, 9.17) is 9.84 Å². The summed E-state index contributed by atoms with van der Waals surface area (Å²) in [5.41, 5.74) is 1.68. The van der Waals surface area contributed by atoms with E-state index in [1.165, 1.54) is 4.90 Å². The number of carboxylic acid groups (broad SMARTS) is 1. The van der Waals surface area contributed by atoms with Crippen LogP contribution in [0, 0.1) is 0 Å². The highest BCUT2D eigenvalue weighted by Gasteiger charge is 2.27. The van der Waals surface area contributed by atoms with Gasteiger partial charge in [-0.25, -0.2) is 4.79 Å². The minimum atomic E-state index is -0.871. The Balaban J connectivity index is 1.42. The highest BCUT2D eigenvalue weighted by Crippen LogP contribution is 2.31. The number of nitrogens with zero attached hydrogens (tertiary/aromatic N) is 3. The number of piperidine rings is 1. The van der Waals surface area contributed by atoms with E-state index in [9.17, 15) is 9.59 Å². The number of piperazine rings is 1. The number of likely N-dealkylation sites (tertiary alicyclic amines) is 1. The molecule has 2 aliphatic heterocycles. The highest BCUT2D eigenvalue weighted by atomic mass is 16.5. The number of carbonyl (C=O) groups is 2. The molecule has 4 rings (SSSR count). The molecular formula is C23H27N3O4. The van der Waals surface area contributed by atoms with Gasteiger partial charge in [0.25, 0.3) is 5.91 Å². The van der Waals surface area contributed by atoms with Crippen LogP contribution < -0.4 is 9.64 Å². The number of para-hydroxylation sites is 2. The van der Waals surface area contributed by atoms with E-state index in [1.54, 1.807) is 0 Å². The zero-order valence-corrected chi connectivity index (χ0v) is 16.9. The van der Waals surface area contributed by atoms with Gasteiger partial charge < -0.3 is 24.5 Å². The molecule has 2 aromatic rings. The van der Waals surface area contributed by atoms with Gasteiger partial charge in [0.2, 0.25) is 0 Å². The fourth-order valence-electron chi connectivity index (χ4n) is 4.12. The molecule has 1 unspecified atom stereocenters. The quantitative estimate of drug-likeness (QED) is 0.840. The van der Waals surface area contributed by atoms with Crippen LogP contribution in [0.2, 0.25) is 0 Å². The van der Waals surface area contributed by atoms with Crippen LogP contribution in [0.4, 0.5) is 10.5 Å². The molecule has 2 heterocycles. The molecule has 0 spiro atoms. The number of rotatable bonds is 4. The minimum Gasteiger partial charge on any atom is -0.486 e. The minimum absolute atomic E-state index is 0.0435. The molecule has 7 heteroatoms. The van der Waals surface area contributed by atoms with Gasteiger partial charge in [0.05, 0.1) is 12.2 Å². The number of amides is 2. The van der Waals surface area contributed by atoms with Crippen molar-refractivity contribution in [2.45, 2.75) is 18.9 Å². The van der Waals surface area contributed by atoms with Gasteiger partial charge in [-0.1, -0.05) is 30.3 Å². The summed E-state index contributed by atoms with van der Waals surface area (Å²) < 4.78 is 6.36. The van der Waals surface area contributed by atoms with Crippen molar-refractivity contribution in [1.29, 1.82) is 0 Å². The van der Waals surface area contributed by atoms with Crippen LogP contribution >= 0.6 is 0 Å². The Labute approximate surface area is 176 Å². The number of carbonyl (C=O) groups excluding carboxylic acids is 1. The van der Waals surface area contributed by atoms with E-state index in [-0.39, 0.29) is 12.0 Å². The summed E-state index contributed by atoms with van der Waals surface area (Å²) in [5, 5.41) is 9.17. The zero-order valence-electron chi connectivity index (χ0n) is 16.9. The third-order valence-electron chi connectivity index (χ3n) is 5.74. The van der Waals surface area contributed by atoms with Crippen LogP contribution in [-0.2, 0) is 0 Å². The van der Waals surface area contributed by atoms with Crippen molar-refractivity contribution in [3.8, 4) is 5.75 Å². The Bertz CT molecular complexity index is 881. The van der Waals surface area contributed by atoms with Crippen molar-refractivity contribution in [3.05, 3.63) is 60.2 Å². The van der Waals surface area contributed by atoms with Gasteiger partial charge >= 0.3 is 6.09 Å². The van der Waals surface area contributed by atoms with Gasteiger partial charge in [0, 0.05) is 38.3 Å². The first-order valence-corrected chi connectivity index (χ1v) is 10.4. The first-order valence-electron chi connectivity index (χ1n) is 10.4. The second-order valence-electron chi connectivity index (χ2n) is 7.72. The van der Waals surface area contributed by atoms with Gasteiger partial charge in [0.15, 0.2) is 0 Å². The van der Waals surface area contributed by atoms with Crippen LogP contribution in [0.3, 0.4) is 0 Å². The second kappa shape index (κ2) is 9.07. The van der Waals surface area contributed by atoms with E-state index >= 15 is 0 Å². The van der Waals surface area contributed by atoms with Gasteiger partial charge in [-0.2, -0.15) is 0 Å². The van der Waals surface area contributed by atoms with E-state index < -0.39 is 6.09 Å². The number of hydrogen-bond acceptors (Lipinski definition) is 4. The van der Waals surface area contributed by atoms with Crippen molar-refractivity contribution in [1.82, 2.24) is 9.80 Å². The smallest absolute Gasteiger partial charge is 0.407 e. The van der Waals surface area contributed by atoms with Crippen molar-refractivity contribution in [2.75, 3.05) is 44.2 Å². The molecule has 0 aromatic heterocycles. The summed E-state index contributed by atoms with van der Waals surface area (Å²) in [6.07, 6.45) is 0.875. The zero-order chi connectivity index (χ0) is 20.9. The van der Waals surface area contributed by atoms with Crippen molar-refractivity contribution in [2.24, 2.45) is 0 Å². The Morgan fingerprint density at radius 3 is 2.30 bits per heavy atom. The summed E-state index contributed by atoms with van der Waals surface area (Å²) in [6, 6.07) is 17.2. The third kappa shape index (κ3) is 4.50. The average molecular weight is 409 g/mol. The highest BCUT2D eigenvalue weighted by molar-refractivity contribution is 5.94. The fraction of sp³-hybridized carbons (Fsp3) is 0.391. The molecular weight excluding hydrogens is 382 g/mol. The lowest BCUT2D eigenvalue weighted by atomic mass is 10.1. The van der Waals surface area contributed by atoms with E-state index in [2.05, 4.69) is 4.90 Å². The Hall–Kier alpha value is -3.22.